The molecule has 1 aliphatic heterocycles. The number of rotatable bonds is 5. The Labute approximate surface area is 151 Å². The van der Waals surface area contributed by atoms with E-state index in [0.29, 0.717) is 0 Å². The van der Waals surface area contributed by atoms with Gasteiger partial charge in [0.05, 0.1) is 0 Å². The van der Waals surface area contributed by atoms with E-state index in [-0.39, 0.29) is 0 Å². The lowest BCUT2D eigenvalue weighted by Crippen LogP contribution is -2.26. The molecule has 1 heterocycles. The van der Waals surface area contributed by atoms with Gasteiger partial charge in [-0.3, -0.25) is 0 Å². The lowest BCUT2D eigenvalue weighted by molar-refractivity contribution is 0.896. The van der Waals surface area contributed by atoms with Gasteiger partial charge in [-0.05, 0) is 36.3 Å². The van der Waals surface area contributed by atoms with Gasteiger partial charge in [-0.25, -0.2) is 0 Å². The minimum Gasteiger partial charge on any atom is -0.378 e. The zero-order chi connectivity index (χ0) is 17.6. The van der Waals surface area contributed by atoms with E-state index in [4.69, 9.17) is 0 Å². The molecule has 0 atom stereocenters. The zero-order valence-corrected chi connectivity index (χ0v) is 15.3. The van der Waals surface area contributed by atoms with E-state index in [0.717, 1.165) is 13.1 Å². The van der Waals surface area contributed by atoms with Crippen molar-refractivity contribution in [2.45, 2.75) is 6.92 Å². The van der Waals surface area contributed by atoms with E-state index >= 15 is 0 Å². The van der Waals surface area contributed by atoms with Gasteiger partial charge in [-0.15, -0.1) is 0 Å². The van der Waals surface area contributed by atoms with Crippen LogP contribution in [-0.2, 0) is 0 Å². The third kappa shape index (κ3) is 4.03. The molecule has 2 heteroatoms. The molecule has 0 spiro atoms. The Hall–Kier alpha value is -2.74. The van der Waals surface area contributed by atoms with E-state index < -0.39 is 0 Å². The first-order valence-corrected chi connectivity index (χ1v) is 8.85. The molecule has 0 N–H and O–H groups in total. The summed E-state index contributed by atoms with van der Waals surface area (Å²) in [6.07, 6.45) is 10.9. The van der Waals surface area contributed by atoms with Crippen molar-refractivity contribution < 1.29 is 0 Å². The Kier molecular flexibility index (Phi) is 5.39. The molecular weight excluding hydrogens is 304 g/mol. The Morgan fingerprint density at radius 1 is 0.960 bits per heavy atom. The lowest BCUT2D eigenvalue weighted by Gasteiger charge is -2.29. The molecule has 0 unspecified atom stereocenters. The van der Waals surface area contributed by atoms with E-state index in [9.17, 15) is 0 Å². The number of likely N-dealkylation sites (N-methyl/N-ethyl adjacent to an activating group) is 1. The van der Waals surface area contributed by atoms with Gasteiger partial charge in [0.15, 0.2) is 0 Å². The Morgan fingerprint density at radius 3 is 2.40 bits per heavy atom. The summed E-state index contributed by atoms with van der Waals surface area (Å²) >= 11 is 0. The van der Waals surface area contributed by atoms with Crippen LogP contribution in [0.4, 0.5) is 11.4 Å². The number of nitrogens with zero attached hydrogens (tertiary/aromatic N) is 2. The van der Waals surface area contributed by atoms with Crippen LogP contribution in [-0.4, -0.2) is 27.2 Å². The van der Waals surface area contributed by atoms with E-state index in [1.165, 1.54) is 28.1 Å². The first-order chi connectivity index (χ1) is 12.2. The van der Waals surface area contributed by atoms with Gasteiger partial charge in [0.25, 0.3) is 0 Å². The minimum absolute atomic E-state index is 0.975. The summed E-state index contributed by atoms with van der Waals surface area (Å²) in [7, 11) is 4.12. The van der Waals surface area contributed by atoms with Crippen LogP contribution in [0.15, 0.2) is 72.8 Å². The van der Waals surface area contributed by atoms with Crippen LogP contribution in [0.3, 0.4) is 0 Å². The second kappa shape index (κ2) is 7.89. The third-order valence-corrected chi connectivity index (χ3v) is 4.55. The highest BCUT2D eigenvalue weighted by atomic mass is 15.1. The molecule has 128 valence electrons. The molecule has 0 saturated carbocycles. The number of benzene rings is 2. The molecule has 2 aromatic rings. The highest BCUT2D eigenvalue weighted by molar-refractivity contribution is 5.85. The molecule has 3 rings (SSSR count). The van der Waals surface area contributed by atoms with Gasteiger partial charge < -0.3 is 9.80 Å². The van der Waals surface area contributed by atoms with Crippen molar-refractivity contribution in [1.29, 1.82) is 0 Å². The number of allylic oxidation sites excluding steroid dienone is 4. The SMILES string of the molecule is CCN1CC=C(C=CC=Cc2ccc(N(C)C)cc2)c2ccccc21. The van der Waals surface area contributed by atoms with Crippen molar-refractivity contribution in [2.75, 3.05) is 37.0 Å². The predicted octanol–water partition coefficient (Wildman–Crippen LogP) is 5.25. The average molecular weight is 330 g/mol. The van der Waals surface area contributed by atoms with Crippen LogP contribution in [0.1, 0.15) is 18.1 Å². The summed E-state index contributed by atoms with van der Waals surface area (Å²) in [5, 5.41) is 0. The Bertz CT molecular complexity index is 795. The van der Waals surface area contributed by atoms with Gasteiger partial charge in [0.2, 0.25) is 0 Å². The van der Waals surface area contributed by atoms with Gasteiger partial charge in [-0.2, -0.15) is 0 Å². The van der Waals surface area contributed by atoms with Crippen molar-refractivity contribution in [1.82, 2.24) is 0 Å². The maximum absolute atomic E-state index is 2.40. The third-order valence-electron chi connectivity index (χ3n) is 4.55. The van der Waals surface area contributed by atoms with Crippen LogP contribution < -0.4 is 9.80 Å². The van der Waals surface area contributed by atoms with Crippen LogP contribution in [0, 0.1) is 0 Å². The van der Waals surface area contributed by atoms with Gasteiger partial charge >= 0.3 is 0 Å². The maximum Gasteiger partial charge on any atom is 0.0448 e. The lowest BCUT2D eigenvalue weighted by atomic mass is 9.98. The Morgan fingerprint density at radius 2 is 1.68 bits per heavy atom. The van der Waals surface area contributed by atoms with Gasteiger partial charge in [-0.1, -0.05) is 60.7 Å². The van der Waals surface area contributed by atoms with Crippen molar-refractivity contribution in [3.8, 4) is 0 Å². The first-order valence-electron chi connectivity index (χ1n) is 8.85. The summed E-state index contributed by atoms with van der Waals surface area (Å²) in [5.74, 6) is 0. The zero-order valence-electron chi connectivity index (χ0n) is 15.3. The average Bonchev–Trinajstić information content (AvgIpc) is 2.65. The molecule has 25 heavy (non-hydrogen) atoms. The van der Waals surface area contributed by atoms with Gasteiger partial charge in [0.1, 0.15) is 0 Å². The summed E-state index contributed by atoms with van der Waals surface area (Å²) in [5.41, 5.74) is 6.38. The molecule has 1 aliphatic rings. The standard InChI is InChI=1S/C23H26N2/c1-4-25-18-17-20(22-11-7-8-12-23(22)25)10-6-5-9-19-13-15-21(16-14-19)24(2)3/h5-17H,4,18H2,1-3H3. The molecule has 0 bridgehead atoms. The Balaban J connectivity index is 1.71. The molecule has 0 radical (unpaired) electrons. The smallest absolute Gasteiger partial charge is 0.0448 e. The van der Waals surface area contributed by atoms with Crippen molar-refractivity contribution >= 4 is 23.0 Å². The molecule has 0 aliphatic carbocycles. The largest absolute Gasteiger partial charge is 0.378 e. The fourth-order valence-corrected chi connectivity index (χ4v) is 3.08. The number of anilines is 2. The summed E-state index contributed by atoms with van der Waals surface area (Å²) in [6, 6.07) is 17.2. The normalized spacial score (nSPS) is 14.0. The van der Waals surface area contributed by atoms with Crippen molar-refractivity contribution in [3.63, 3.8) is 0 Å². The number of hydrogen-bond donors (Lipinski definition) is 0. The monoisotopic (exact) mass is 330 g/mol. The van der Waals surface area contributed by atoms with Crippen LogP contribution in [0.2, 0.25) is 0 Å². The van der Waals surface area contributed by atoms with E-state index in [2.05, 4.69) is 110 Å². The second-order valence-corrected chi connectivity index (χ2v) is 6.42. The van der Waals surface area contributed by atoms with Gasteiger partial charge in [0, 0.05) is 44.1 Å². The quantitative estimate of drug-likeness (QED) is 0.691. The predicted molar refractivity (Wildman–Crippen MR) is 111 cm³/mol. The van der Waals surface area contributed by atoms with Crippen LogP contribution >= 0.6 is 0 Å². The fourth-order valence-electron chi connectivity index (χ4n) is 3.08. The fraction of sp³-hybridized carbons (Fsp3) is 0.217. The first kappa shape index (κ1) is 17.1. The molecule has 0 fully saturated rings. The maximum atomic E-state index is 2.40. The molecule has 0 saturated heterocycles. The van der Waals surface area contributed by atoms with Crippen LogP contribution in [0.5, 0.6) is 0 Å². The number of para-hydroxylation sites is 1. The molecule has 2 nitrogen and oxygen atoms in total. The number of fused-ring (bicyclic) bond motifs is 1. The summed E-state index contributed by atoms with van der Waals surface area (Å²) in [4.78, 5) is 4.51. The highest BCUT2D eigenvalue weighted by Crippen LogP contribution is 2.31. The molecular formula is C23H26N2. The summed E-state index contributed by atoms with van der Waals surface area (Å²) in [6.45, 7) is 4.21. The van der Waals surface area contributed by atoms with Crippen molar-refractivity contribution in [2.24, 2.45) is 0 Å². The molecule has 0 amide bonds. The molecule has 2 aromatic carbocycles. The van der Waals surface area contributed by atoms with E-state index in [1.807, 2.05) is 0 Å². The minimum atomic E-state index is 0.975. The summed E-state index contributed by atoms with van der Waals surface area (Å²) < 4.78 is 0. The van der Waals surface area contributed by atoms with Crippen LogP contribution in [0.25, 0.3) is 11.6 Å². The second-order valence-electron chi connectivity index (χ2n) is 6.42. The highest BCUT2D eigenvalue weighted by Gasteiger charge is 2.14. The van der Waals surface area contributed by atoms with E-state index in [1.54, 1.807) is 0 Å². The molecule has 0 aromatic heterocycles. The topological polar surface area (TPSA) is 6.48 Å². The number of hydrogen-bond acceptors (Lipinski definition) is 2. The van der Waals surface area contributed by atoms with Crippen molar-refractivity contribution in [3.05, 3.63) is 84.0 Å².